The summed E-state index contributed by atoms with van der Waals surface area (Å²) >= 11 is 11.9. The van der Waals surface area contributed by atoms with Crippen LogP contribution in [0.25, 0.3) is 10.9 Å². The van der Waals surface area contributed by atoms with E-state index in [0.29, 0.717) is 21.2 Å². The van der Waals surface area contributed by atoms with Crippen LogP contribution in [0.5, 0.6) is 0 Å². The zero-order valence-electron chi connectivity index (χ0n) is 10.7. The molecule has 0 atom stereocenters. The van der Waals surface area contributed by atoms with Gasteiger partial charge in [0.15, 0.2) is 5.78 Å². The fraction of sp³-hybridized carbons (Fsp3) is 0.0625. The molecule has 0 N–H and O–H groups in total. The summed E-state index contributed by atoms with van der Waals surface area (Å²) in [5.41, 5.74) is 2.17. The Kier molecular flexibility index (Phi) is 3.28. The van der Waals surface area contributed by atoms with E-state index in [1.165, 1.54) is 0 Å². The molecule has 2 aromatic carbocycles. The van der Waals surface area contributed by atoms with Crippen LogP contribution in [0.1, 0.15) is 15.9 Å². The van der Waals surface area contributed by atoms with Gasteiger partial charge >= 0.3 is 0 Å². The Labute approximate surface area is 126 Å². The quantitative estimate of drug-likeness (QED) is 0.628. The SMILES string of the molecule is Cn1cc(C(=O)c2cccc(Cl)c2)c2ccc(Cl)cc21. The van der Waals surface area contributed by atoms with Crippen LogP contribution in [-0.2, 0) is 7.05 Å². The van der Waals surface area contributed by atoms with Gasteiger partial charge in [0.1, 0.15) is 0 Å². The summed E-state index contributed by atoms with van der Waals surface area (Å²) in [6.45, 7) is 0. The fourth-order valence-electron chi connectivity index (χ4n) is 2.32. The molecule has 0 aliphatic carbocycles. The monoisotopic (exact) mass is 303 g/mol. The minimum Gasteiger partial charge on any atom is -0.350 e. The maximum absolute atomic E-state index is 12.6. The number of aromatic nitrogens is 1. The summed E-state index contributed by atoms with van der Waals surface area (Å²) in [6, 6.07) is 12.5. The molecular formula is C16H11Cl2NO. The van der Waals surface area contributed by atoms with Gasteiger partial charge in [0.05, 0.1) is 0 Å². The smallest absolute Gasteiger partial charge is 0.195 e. The highest BCUT2D eigenvalue weighted by atomic mass is 35.5. The van der Waals surface area contributed by atoms with Crippen molar-refractivity contribution in [2.75, 3.05) is 0 Å². The first kappa shape index (κ1) is 13.2. The Hall–Kier alpha value is -1.77. The Morgan fingerprint density at radius 1 is 1.05 bits per heavy atom. The molecule has 0 unspecified atom stereocenters. The molecule has 0 spiro atoms. The van der Waals surface area contributed by atoms with Gasteiger partial charge in [0.2, 0.25) is 0 Å². The van der Waals surface area contributed by atoms with E-state index in [0.717, 1.165) is 10.9 Å². The summed E-state index contributed by atoms with van der Waals surface area (Å²) in [6.07, 6.45) is 1.82. The standard InChI is InChI=1S/C16H11Cl2NO/c1-19-9-14(13-6-5-12(18)8-15(13)19)16(20)10-3-2-4-11(17)7-10/h2-9H,1H3. The first-order valence-electron chi connectivity index (χ1n) is 6.11. The van der Waals surface area contributed by atoms with Crippen molar-refractivity contribution in [1.82, 2.24) is 4.57 Å². The maximum Gasteiger partial charge on any atom is 0.195 e. The van der Waals surface area contributed by atoms with Crippen molar-refractivity contribution in [3.05, 3.63) is 69.8 Å². The number of nitrogens with zero attached hydrogens (tertiary/aromatic N) is 1. The van der Waals surface area contributed by atoms with Gasteiger partial charge < -0.3 is 4.57 Å². The summed E-state index contributed by atoms with van der Waals surface area (Å²) in [7, 11) is 1.90. The predicted molar refractivity (Wildman–Crippen MR) is 82.8 cm³/mol. The van der Waals surface area contributed by atoms with Crippen molar-refractivity contribution in [1.29, 1.82) is 0 Å². The van der Waals surface area contributed by atoms with Crippen molar-refractivity contribution in [3.8, 4) is 0 Å². The summed E-state index contributed by atoms with van der Waals surface area (Å²) in [5, 5.41) is 2.10. The molecule has 0 aliphatic heterocycles. The van der Waals surface area contributed by atoms with Crippen LogP contribution >= 0.6 is 23.2 Å². The van der Waals surface area contributed by atoms with E-state index >= 15 is 0 Å². The second-order valence-corrected chi connectivity index (χ2v) is 5.53. The second kappa shape index (κ2) is 4.97. The molecule has 0 bridgehead atoms. The molecular weight excluding hydrogens is 293 g/mol. The number of carbonyl (C=O) groups excluding carboxylic acids is 1. The normalized spacial score (nSPS) is 10.9. The number of aryl methyl sites for hydroxylation is 1. The number of benzene rings is 2. The second-order valence-electron chi connectivity index (χ2n) is 4.65. The molecule has 0 fully saturated rings. The summed E-state index contributed by atoms with van der Waals surface area (Å²) in [4.78, 5) is 12.6. The van der Waals surface area contributed by atoms with Crippen LogP contribution < -0.4 is 0 Å². The van der Waals surface area contributed by atoms with Gasteiger partial charge in [-0.05, 0) is 24.3 Å². The maximum atomic E-state index is 12.6. The van der Waals surface area contributed by atoms with E-state index in [1.807, 2.05) is 29.9 Å². The summed E-state index contributed by atoms with van der Waals surface area (Å²) in [5.74, 6) is -0.0413. The number of halogens is 2. The molecule has 100 valence electrons. The number of hydrogen-bond donors (Lipinski definition) is 0. The van der Waals surface area contributed by atoms with Crippen molar-refractivity contribution in [2.24, 2.45) is 7.05 Å². The van der Waals surface area contributed by atoms with Gasteiger partial charge in [-0.1, -0.05) is 41.4 Å². The third kappa shape index (κ3) is 2.21. The zero-order chi connectivity index (χ0) is 14.3. The van der Waals surface area contributed by atoms with Crippen molar-refractivity contribution >= 4 is 39.9 Å². The number of carbonyl (C=O) groups is 1. The van der Waals surface area contributed by atoms with Gasteiger partial charge in [-0.25, -0.2) is 0 Å². The number of hydrogen-bond acceptors (Lipinski definition) is 1. The van der Waals surface area contributed by atoms with E-state index in [1.54, 1.807) is 30.3 Å². The number of fused-ring (bicyclic) bond motifs is 1. The highest BCUT2D eigenvalue weighted by Gasteiger charge is 2.16. The largest absolute Gasteiger partial charge is 0.350 e. The van der Waals surface area contributed by atoms with Gasteiger partial charge in [0.25, 0.3) is 0 Å². The average molecular weight is 304 g/mol. The van der Waals surface area contributed by atoms with E-state index in [-0.39, 0.29) is 5.78 Å². The molecule has 0 aliphatic rings. The Bertz CT molecular complexity index is 820. The molecule has 1 heterocycles. The lowest BCUT2D eigenvalue weighted by Gasteiger charge is -2.00. The molecule has 0 saturated heterocycles. The predicted octanol–water partition coefficient (Wildman–Crippen LogP) is 4.72. The van der Waals surface area contributed by atoms with Gasteiger partial charge in [-0.2, -0.15) is 0 Å². The van der Waals surface area contributed by atoms with Crippen LogP contribution in [0.2, 0.25) is 10.0 Å². The fourth-order valence-corrected chi connectivity index (χ4v) is 2.68. The molecule has 4 heteroatoms. The highest BCUT2D eigenvalue weighted by Crippen LogP contribution is 2.26. The first-order chi connectivity index (χ1) is 9.56. The molecule has 0 saturated carbocycles. The number of ketones is 1. The molecule has 0 radical (unpaired) electrons. The molecule has 3 aromatic rings. The van der Waals surface area contributed by atoms with E-state index < -0.39 is 0 Å². The van der Waals surface area contributed by atoms with Crippen molar-refractivity contribution < 1.29 is 4.79 Å². The minimum absolute atomic E-state index is 0.0413. The minimum atomic E-state index is -0.0413. The molecule has 0 amide bonds. The van der Waals surface area contributed by atoms with Crippen molar-refractivity contribution in [3.63, 3.8) is 0 Å². The third-order valence-corrected chi connectivity index (χ3v) is 3.75. The van der Waals surface area contributed by atoms with E-state index in [4.69, 9.17) is 23.2 Å². The lowest BCUT2D eigenvalue weighted by atomic mass is 10.0. The van der Waals surface area contributed by atoms with E-state index in [9.17, 15) is 4.79 Å². The molecule has 1 aromatic heterocycles. The van der Waals surface area contributed by atoms with E-state index in [2.05, 4.69) is 0 Å². The van der Waals surface area contributed by atoms with Crippen LogP contribution in [0.4, 0.5) is 0 Å². The zero-order valence-corrected chi connectivity index (χ0v) is 12.2. The lowest BCUT2D eigenvalue weighted by Crippen LogP contribution is -2.00. The van der Waals surface area contributed by atoms with Crippen molar-refractivity contribution in [2.45, 2.75) is 0 Å². The van der Waals surface area contributed by atoms with Gasteiger partial charge in [0, 0.05) is 45.3 Å². The third-order valence-electron chi connectivity index (χ3n) is 3.28. The average Bonchev–Trinajstić information content (AvgIpc) is 2.75. The van der Waals surface area contributed by atoms with Gasteiger partial charge in [-0.15, -0.1) is 0 Å². The number of rotatable bonds is 2. The van der Waals surface area contributed by atoms with Crippen LogP contribution in [-0.4, -0.2) is 10.4 Å². The first-order valence-corrected chi connectivity index (χ1v) is 6.87. The molecule has 20 heavy (non-hydrogen) atoms. The van der Waals surface area contributed by atoms with Gasteiger partial charge in [-0.3, -0.25) is 4.79 Å². The Balaban J connectivity index is 2.17. The highest BCUT2D eigenvalue weighted by molar-refractivity contribution is 6.32. The van der Waals surface area contributed by atoms with Crippen LogP contribution in [0.3, 0.4) is 0 Å². The Morgan fingerprint density at radius 2 is 1.80 bits per heavy atom. The Morgan fingerprint density at radius 3 is 2.55 bits per heavy atom. The topological polar surface area (TPSA) is 22.0 Å². The van der Waals surface area contributed by atoms with Crippen LogP contribution in [0.15, 0.2) is 48.7 Å². The molecule has 2 nitrogen and oxygen atoms in total. The summed E-state index contributed by atoms with van der Waals surface area (Å²) < 4.78 is 1.90. The lowest BCUT2D eigenvalue weighted by molar-refractivity contribution is 0.104. The molecule has 3 rings (SSSR count). The van der Waals surface area contributed by atoms with Crippen LogP contribution in [0, 0.1) is 0 Å².